The molecular weight excluding hydrogens is 988 g/mol. The first-order chi connectivity index (χ1) is 33.2. The monoisotopic (exact) mass is 1040 g/mol. The lowest BCUT2D eigenvalue weighted by atomic mass is 9.96. The van der Waals surface area contributed by atoms with E-state index in [1.54, 1.807) is 49.4 Å². The van der Waals surface area contributed by atoms with Crippen LogP contribution >= 0.6 is 23.4 Å². The lowest BCUT2D eigenvalue weighted by Gasteiger charge is -2.37. The molecule has 1 saturated heterocycles. The minimum Gasteiger partial charge on any atom is -0.478 e. The molecule has 0 saturated carbocycles. The number of alkyl halides is 3. The van der Waals surface area contributed by atoms with Crippen molar-refractivity contribution in [1.82, 2.24) is 9.47 Å². The van der Waals surface area contributed by atoms with Crippen LogP contribution in [-0.2, 0) is 26.4 Å². The lowest BCUT2D eigenvalue weighted by molar-refractivity contribution is -0.0435. The van der Waals surface area contributed by atoms with E-state index in [9.17, 15) is 39.9 Å². The largest absolute Gasteiger partial charge is 0.501 e. The predicted molar refractivity (Wildman–Crippen MR) is 271 cm³/mol. The van der Waals surface area contributed by atoms with Crippen LogP contribution in [-0.4, -0.2) is 101 Å². The molecule has 3 N–H and O–H groups in total. The van der Waals surface area contributed by atoms with E-state index in [0.29, 0.717) is 90.7 Å². The Morgan fingerprint density at radius 2 is 1.49 bits per heavy atom. The van der Waals surface area contributed by atoms with Crippen LogP contribution < -0.4 is 19.8 Å². The molecule has 0 radical (unpaired) electrons. The molecule has 1 aliphatic rings. The number of carboxylic acids is 1. The number of nitrogens with zero attached hydrogens (tertiary/aromatic N) is 4. The summed E-state index contributed by atoms with van der Waals surface area (Å²) in [6.07, 6.45) is 0.454. The molecular formula is C50H53ClF4N6O6S3. The Kier molecular flexibility index (Phi) is 16.2. The third-order valence-corrected chi connectivity index (χ3v) is 16.6. The maximum Gasteiger partial charge on any atom is 0.501 e. The molecule has 0 spiro atoms. The summed E-state index contributed by atoms with van der Waals surface area (Å²) < 4.78 is 116. The van der Waals surface area contributed by atoms with Crippen molar-refractivity contribution in [3.63, 3.8) is 0 Å². The second-order valence-corrected chi connectivity index (χ2v) is 21.9. The molecule has 0 bridgehead atoms. The van der Waals surface area contributed by atoms with Crippen LogP contribution in [0.3, 0.4) is 0 Å². The van der Waals surface area contributed by atoms with Gasteiger partial charge in [0.25, 0.3) is 19.9 Å². The smallest absolute Gasteiger partial charge is 0.478 e. The van der Waals surface area contributed by atoms with E-state index in [-0.39, 0.29) is 16.9 Å². The van der Waals surface area contributed by atoms with E-state index >= 15 is 4.39 Å². The molecule has 5 aromatic carbocycles. The minimum absolute atomic E-state index is 0.0768. The highest BCUT2D eigenvalue weighted by Crippen LogP contribution is 2.42. The molecule has 20 heteroatoms. The second kappa shape index (κ2) is 21.7. The second-order valence-electron chi connectivity index (χ2n) is 16.8. The van der Waals surface area contributed by atoms with Crippen molar-refractivity contribution in [1.29, 1.82) is 0 Å². The number of thioether (sulfide) groups is 1. The lowest BCUT2D eigenvalue weighted by Crippen LogP contribution is -2.46. The summed E-state index contributed by atoms with van der Waals surface area (Å²) in [6, 6.07) is 29.5. The molecule has 6 aromatic rings. The number of anilines is 4. The number of benzene rings is 5. The molecule has 372 valence electrons. The summed E-state index contributed by atoms with van der Waals surface area (Å²) in [7, 11) is -8.72. The highest BCUT2D eigenvalue weighted by molar-refractivity contribution is 7.99. The quantitative estimate of drug-likeness (QED) is 0.0527. The fraction of sp³-hybridized carbons (Fsp3) is 0.300. The van der Waals surface area contributed by atoms with E-state index in [2.05, 4.69) is 10.0 Å². The fourth-order valence-corrected chi connectivity index (χ4v) is 11.7. The highest BCUT2D eigenvalue weighted by Gasteiger charge is 2.48. The van der Waals surface area contributed by atoms with Gasteiger partial charge in [0, 0.05) is 82.8 Å². The molecule has 7 rings (SSSR count). The van der Waals surface area contributed by atoms with E-state index in [1.165, 1.54) is 36.0 Å². The Balaban J connectivity index is 1.07. The van der Waals surface area contributed by atoms with Crippen molar-refractivity contribution in [2.24, 2.45) is 0 Å². The first kappa shape index (κ1) is 52.1. The number of nitrogens with one attached hydrogen (secondary N) is 2. The van der Waals surface area contributed by atoms with Gasteiger partial charge in [-0.25, -0.2) is 26.0 Å². The number of aromatic nitrogens is 1. The Morgan fingerprint density at radius 1 is 0.843 bits per heavy atom. The van der Waals surface area contributed by atoms with Crippen LogP contribution in [0.4, 0.5) is 40.3 Å². The Hall–Kier alpha value is -5.73. The summed E-state index contributed by atoms with van der Waals surface area (Å²) >= 11 is 7.64. The predicted octanol–water partition coefficient (Wildman–Crippen LogP) is 11.0. The van der Waals surface area contributed by atoms with Crippen LogP contribution in [0.25, 0.3) is 22.4 Å². The van der Waals surface area contributed by atoms with Crippen molar-refractivity contribution in [2.45, 2.75) is 60.0 Å². The molecule has 1 fully saturated rings. The standard InChI is InChI=1S/C50H53ClF4N6O6S3/c1-5-58(4)23-22-39(32-68-42-10-8-7-9-11-42)56-44-21-20-43(31-45(44)69(64,65)50(53,54)55)70(66,67)57-38-16-18-40(19-17-38)59-24-26-60(27-25-59)41-29-35(28-37(52)30-41)47-46(49(62)63)33(3)61(6-2)48(47)34-12-14-36(51)15-13-34/h7-21,28-31,39,56-57H,5-6,22-27,32H2,1-4H3,(H,62,63)/t39-/m1/s1. The van der Waals surface area contributed by atoms with E-state index in [0.717, 1.165) is 34.8 Å². The number of sulfonamides is 1. The highest BCUT2D eigenvalue weighted by atomic mass is 35.5. The van der Waals surface area contributed by atoms with E-state index in [4.69, 9.17) is 11.6 Å². The maximum absolute atomic E-state index is 15.6. The summed E-state index contributed by atoms with van der Waals surface area (Å²) in [4.78, 5) is 17.8. The van der Waals surface area contributed by atoms with Crippen molar-refractivity contribution in [3.8, 4) is 22.4 Å². The first-order valence-electron chi connectivity index (χ1n) is 22.4. The van der Waals surface area contributed by atoms with Gasteiger partial charge in [-0.1, -0.05) is 48.9 Å². The molecule has 2 heterocycles. The molecule has 70 heavy (non-hydrogen) atoms. The number of halogens is 5. The summed E-state index contributed by atoms with van der Waals surface area (Å²) in [5.41, 5.74) is -1.92. The van der Waals surface area contributed by atoms with Gasteiger partial charge in [-0.3, -0.25) is 4.72 Å². The number of hydrogen-bond donors (Lipinski definition) is 3. The zero-order chi connectivity index (χ0) is 50.5. The molecule has 12 nitrogen and oxygen atoms in total. The van der Waals surface area contributed by atoms with Gasteiger partial charge < -0.3 is 29.7 Å². The van der Waals surface area contributed by atoms with Crippen molar-refractivity contribution < 1.29 is 44.3 Å². The third kappa shape index (κ3) is 11.7. The van der Waals surface area contributed by atoms with Gasteiger partial charge in [-0.15, -0.1) is 11.8 Å². The summed E-state index contributed by atoms with van der Waals surface area (Å²) in [5.74, 6) is -1.29. The Bertz CT molecular complexity index is 3040. The van der Waals surface area contributed by atoms with Gasteiger partial charge in [0.2, 0.25) is 0 Å². The van der Waals surface area contributed by atoms with Crippen molar-refractivity contribution in [2.75, 3.05) is 71.9 Å². The molecule has 0 amide bonds. The number of carbonyl (C=O) groups is 1. The van der Waals surface area contributed by atoms with Crippen molar-refractivity contribution >= 4 is 71.9 Å². The summed E-state index contributed by atoms with van der Waals surface area (Å²) in [5, 5.41) is 13.9. The van der Waals surface area contributed by atoms with Gasteiger partial charge in [0.05, 0.1) is 21.8 Å². The van der Waals surface area contributed by atoms with Gasteiger partial charge >= 0.3 is 11.5 Å². The van der Waals surface area contributed by atoms with Crippen LogP contribution in [0.5, 0.6) is 0 Å². The minimum atomic E-state index is -6.01. The zero-order valence-electron chi connectivity index (χ0n) is 38.8. The van der Waals surface area contributed by atoms with Gasteiger partial charge in [0.15, 0.2) is 0 Å². The van der Waals surface area contributed by atoms with E-state index in [1.807, 2.05) is 70.5 Å². The van der Waals surface area contributed by atoms with Crippen LogP contribution in [0.15, 0.2) is 130 Å². The number of sulfone groups is 1. The molecule has 1 aliphatic heterocycles. The Morgan fingerprint density at radius 3 is 2.09 bits per heavy atom. The van der Waals surface area contributed by atoms with Crippen LogP contribution in [0, 0.1) is 12.7 Å². The number of hydrogen-bond acceptors (Lipinski definition) is 10. The van der Waals surface area contributed by atoms with E-state index < -0.39 is 53.0 Å². The van der Waals surface area contributed by atoms with Gasteiger partial charge in [-0.05, 0) is 136 Å². The Labute approximate surface area is 415 Å². The van der Waals surface area contributed by atoms with Crippen LogP contribution in [0.1, 0.15) is 36.3 Å². The normalized spacial score (nSPS) is 14.0. The van der Waals surface area contributed by atoms with Gasteiger partial charge in [0.1, 0.15) is 10.7 Å². The average molecular weight is 1040 g/mol. The number of piperazine rings is 1. The molecule has 1 atom stereocenters. The number of aromatic carboxylic acids is 1. The maximum atomic E-state index is 15.6. The molecule has 0 aliphatic carbocycles. The van der Waals surface area contributed by atoms with Gasteiger partial charge in [-0.2, -0.15) is 13.2 Å². The summed E-state index contributed by atoms with van der Waals surface area (Å²) in [6.45, 7) is 9.23. The fourth-order valence-electron chi connectivity index (χ4n) is 8.46. The molecule has 0 unspecified atom stereocenters. The molecule has 1 aromatic heterocycles. The first-order valence-corrected chi connectivity index (χ1v) is 26.8. The third-order valence-electron chi connectivity index (χ3n) is 12.3. The average Bonchev–Trinajstić information content (AvgIpc) is 3.64. The zero-order valence-corrected chi connectivity index (χ0v) is 42.0. The number of carboxylic acid groups (broad SMARTS) is 1. The topological polar surface area (TPSA) is 144 Å². The SMILES string of the molecule is CCN(C)CC[C@H](CSc1ccccc1)Nc1ccc(S(=O)(=O)Nc2ccc(N3CCN(c4cc(F)cc(-c5c(C(=O)O)c(C)n(CC)c5-c5ccc(Cl)cc5)c4)CC3)cc2)cc1S(=O)(=O)C(F)(F)F. The number of rotatable bonds is 19. The van der Waals surface area contributed by atoms with Crippen molar-refractivity contribution in [3.05, 3.63) is 137 Å². The van der Waals surface area contributed by atoms with Crippen LogP contribution in [0.2, 0.25) is 5.02 Å².